The van der Waals surface area contributed by atoms with Gasteiger partial charge >= 0.3 is 5.97 Å². The first-order valence-electron chi connectivity index (χ1n) is 10.00. The fourth-order valence-corrected chi connectivity index (χ4v) is 5.20. The molecule has 1 aliphatic carbocycles. The Labute approximate surface area is 175 Å². The van der Waals surface area contributed by atoms with Crippen molar-refractivity contribution in [3.05, 3.63) is 107 Å². The second-order valence-corrected chi connectivity index (χ2v) is 7.79. The molecule has 30 heavy (non-hydrogen) atoms. The molecular formula is C26H20N2O2. The molecule has 5 rings (SSSR count). The van der Waals surface area contributed by atoms with Gasteiger partial charge in [0.05, 0.1) is 11.6 Å². The molecule has 1 N–H and O–H groups in total. The van der Waals surface area contributed by atoms with E-state index < -0.39 is 17.6 Å². The lowest BCUT2D eigenvalue weighted by Crippen LogP contribution is -2.51. The van der Waals surface area contributed by atoms with E-state index in [1.165, 1.54) is 6.08 Å². The Hall–Kier alpha value is -3.68. The molecule has 146 valence electrons. The highest BCUT2D eigenvalue weighted by Crippen LogP contribution is 2.56. The Morgan fingerprint density at radius 1 is 0.967 bits per heavy atom. The Morgan fingerprint density at radius 3 is 2.10 bits per heavy atom. The lowest BCUT2D eigenvalue weighted by molar-refractivity contribution is -0.143. The molecular weight excluding hydrogens is 372 g/mol. The number of benzene rings is 3. The number of carboxylic acids is 1. The van der Waals surface area contributed by atoms with Gasteiger partial charge in [-0.25, -0.2) is 0 Å². The smallest absolute Gasteiger partial charge is 0.321 e. The van der Waals surface area contributed by atoms with Gasteiger partial charge in [0.1, 0.15) is 6.04 Å². The monoisotopic (exact) mass is 392 g/mol. The van der Waals surface area contributed by atoms with E-state index in [0.717, 1.165) is 33.4 Å². The van der Waals surface area contributed by atoms with Crippen molar-refractivity contribution >= 4 is 5.97 Å². The van der Waals surface area contributed by atoms with Crippen molar-refractivity contribution < 1.29 is 9.90 Å². The van der Waals surface area contributed by atoms with Gasteiger partial charge in [0.15, 0.2) is 0 Å². The van der Waals surface area contributed by atoms with Crippen LogP contribution < -0.4 is 0 Å². The number of allylic oxidation sites excluding steroid dienone is 1. The zero-order valence-electron chi connectivity index (χ0n) is 16.3. The van der Waals surface area contributed by atoms with Crippen LogP contribution in [0.4, 0.5) is 0 Å². The lowest BCUT2D eigenvalue weighted by Gasteiger charge is -2.43. The number of likely N-dealkylation sites (tertiary alicyclic amines) is 1. The Bertz CT molecular complexity index is 1160. The molecule has 1 atom stereocenters. The van der Waals surface area contributed by atoms with Crippen molar-refractivity contribution in [2.75, 3.05) is 6.54 Å². The summed E-state index contributed by atoms with van der Waals surface area (Å²) < 4.78 is 0. The van der Waals surface area contributed by atoms with Crippen LogP contribution in [0.2, 0.25) is 0 Å². The summed E-state index contributed by atoms with van der Waals surface area (Å²) in [5.41, 5.74) is 5.57. The van der Waals surface area contributed by atoms with Crippen molar-refractivity contribution in [3.63, 3.8) is 0 Å². The van der Waals surface area contributed by atoms with E-state index in [-0.39, 0.29) is 0 Å². The summed E-state index contributed by atoms with van der Waals surface area (Å²) in [4.78, 5) is 14.4. The minimum Gasteiger partial charge on any atom is -0.480 e. The summed E-state index contributed by atoms with van der Waals surface area (Å²) in [6.07, 6.45) is 1.85. The Morgan fingerprint density at radius 2 is 1.53 bits per heavy atom. The zero-order chi connectivity index (χ0) is 20.7. The number of nitrogens with zero attached hydrogens (tertiary/aromatic N) is 2. The SMILES string of the molecule is N#C/C=C1\C[C@@H](C(=O)O)N(C2(c3ccccc3)c3ccccc3-c3ccccc32)C1. The van der Waals surface area contributed by atoms with Gasteiger partial charge in [-0.1, -0.05) is 78.9 Å². The summed E-state index contributed by atoms with van der Waals surface area (Å²) in [6, 6.07) is 28.0. The van der Waals surface area contributed by atoms with Crippen LogP contribution >= 0.6 is 0 Å². The van der Waals surface area contributed by atoms with E-state index >= 15 is 0 Å². The van der Waals surface area contributed by atoms with Crippen molar-refractivity contribution in [2.24, 2.45) is 0 Å². The van der Waals surface area contributed by atoms with E-state index in [1.54, 1.807) is 0 Å². The summed E-state index contributed by atoms with van der Waals surface area (Å²) in [7, 11) is 0. The number of nitriles is 1. The van der Waals surface area contributed by atoms with Crippen molar-refractivity contribution in [1.82, 2.24) is 4.90 Å². The first kappa shape index (κ1) is 18.4. The number of fused-ring (bicyclic) bond motifs is 3. The first-order chi connectivity index (χ1) is 14.7. The Kier molecular flexibility index (Phi) is 4.27. The molecule has 1 heterocycles. The van der Waals surface area contributed by atoms with E-state index in [9.17, 15) is 15.2 Å². The second kappa shape index (κ2) is 6.98. The predicted octanol–water partition coefficient (Wildman–Crippen LogP) is 4.57. The minimum atomic E-state index is -0.867. The maximum absolute atomic E-state index is 12.4. The van der Waals surface area contributed by atoms with Crippen molar-refractivity contribution in [3.8, 4) is 17.2 Å². The molecule has 1 saturated heterocycles. The molecule has 2 aliphatic rings. The molecule has 4 heteroatoms. The third-order valence-electron chi connectivity index (χ3n) is 6.31. The quantitative estimate of drug-likeness (QED) is 0.663. The molecule has 1 fully saturated rings. The number of hydrogen-bond acceptors (Lipinski definition) is 3. The molecule has 3 aromatic carbocycles. The van der Waals surface area contributed by atoms with Gasteiger partial charge in [-0.2, -0.15) is 5.26 Å². The molecule has 3 aromatic rings. The van der Waals surface area contributed by atoms with Gasteiger partial charge < -0.3 is 5.11 Å². The van der Waals surface area contributed by atoms with Crippen LogP contribution in [0.1, 0.15) is 23.1 Å². The largest absolute Gasteiger partial charge is 0.480 e. The zero-order valence-corrected chi connectivity index (χ0v) is 16.3. The molecule has 0 bridgehead atoms. The number of carbonyl (C=O) groups is 1. The topological polar surface area (TPSA) is 64.3 Å². The van der Waals surface area contributed by atoms with Crippen molar-refractivity contribution in [2.45, 2.75) is 18.0 Å². The summed E-state index contributed by atoms with van der Waals surface area (Å²) in [5, 5.41) is 19.3. The van der Waals surface area contributed by atoms with Crippen LogP contribution in [-0.4, -0.2) is 28.6 Å². The average Bonchev–Trinajstić information content (AvgIpc) is 3.33. The van der Waals surface area contributed by atoms with Crippen LogP contribution in [0, 0.1) is 11.3 Å². The molecule has 0 unspecified atom stereocenters. The van der Waals surface area contributed by atoms with Crippen LogP contribution in [0.25, 0.3) is 11.1 Å². The van der Waals surface area contributed by atoms with Gasteiger partial charge in [0.2, 0.25) is 0 Å². The predicted molar refractivity (Wildman–Crippen MR) is 115 cm³/mol. The molecule has 0 aromatic heterocycles. The number of hydrogen-bond donors (Lipinski definition) is 1. The maximum atomic E-state index is 12.4. The molecule has 0 radical (unpaired) electrons. The third-order valence-corrected chi connectivity index (χ3v) is 6.31. The lowest BCUT2D eigenvalue weighted by atomic mass is 9.78. The number of rotatable bonds is 3. The fourth-order valence-electron chi connectivity index (χ4n) is 5.20. The van der Waals surface area contributed by atoms with Gasteiger partial charge in [-0.05, 0) is 39.8 Å². The summed E-state index contributed by atoms with van der Waals surface area (Å²) >= 11 is 0. The average molecular weight is 392 g/mol. The number of carboxylic acid groups (broad SMARTS) is 1. The first-order valence-corrected chi connectivity index (χ1v) is 10.00. The standard InChI is InChI=1S/C26H20N2O2/c27-15-14-18-16-24(25(29)30)28(17-18)26(19-8-2-1-3-9-19)22-12-6-4-10-20(22)21-11-5-7-13-23(21)26/h1-14,24H,16-17H2,(H,29,30)/b18-14+/t24-/m0/s1. The molecule has 4 nitrogen and oxygen atoms in total. The summed E-state index contributed by atoms with van der Waals surface area (Å²) in [6.45, 7) is 0.433. The van der Waals surface area contributed by atoms with Gasteiger partial charge in [0.25, 0.3) is 0 Å². The van der Waals surface area contributed by atoms with E-state index in [0.29, 0.717) is 13.0 Å². The van der Waals surface area contributed by atoms with Gasteiger partial charge in [-0.15, -0.1) is 0 Å². The van der Waals surface area contributed by atoms with Crippen LogP contribution in [0.5, 0.6) is 0 Å². The highest BCUT2D eigenvalue weighted by molar-refractivity contribution is 5.84. The summed E-state index contributed by atoms with van der Waals surface area (Å²) in [5.74, 6) is -0.867. The van der Waals surface area contributed by atoms with Gasteiger partial charge in [0, 0.05) is 12.6 Å². The van der Waals surface area contributed by atoms with Crippen molar-refractivity contribution in [1.29, 1.82) is 5.26 Å². The third kappa shape index (κ3) is 2.46. The van der Waals surface area contributed by atoms with E-state index in [4.69, 9.17) is 0 Å². The molecule has 0 amide bonds. The highest BCUT2D eigenvalue weighted by Gasteiger charge is 2.54. The van der Waals surface area contributed by atoms with E-state index in [1.807, 2.05) is 42.5 Å². The number of aliphatic carboxylic acids is 1. The molecule has 0 saturated carbocycles. The van der Waals surface area contributed by atoms with Crippen LogP contribution in [0.15, 0.2) is 90.5 Å². The molecule has 1 aliphatic heterocycles. The second-order valence-electron chi connectivity index (χ2n) is 7.79. The fraction of sp³-hybridized carbons (Fsp3) is 0.154. The normalized spacial score (nSPS) is 20.5. The highest BCUT2D eigenvalue weighted by atomic mass is 16.4. The minimum absolute atomic E-state index is 0.349. The molecule has 0 spiro atoms. The van der Waals surface area contributed by atoms with Crippen LogP contribution in [0.3, 0.4) is 0 Å². The van der Waals surface area contributed by atoms with Crippen LogP contribution in [-0.2, 0) is 10.3 Å². The Balaban J connectivity index is 1.87. The van der Waals surface area contributed by atoms with Gasteiger partial charge in [-0.3, -0.25) is 9.69 Å². The van der Waals surface area contributed by atoms with E-state index in [2.05, 4.69) is 47.4 Å². The maximum Gasteiger partial charge on any atom is 0.321 e.